The number of rotatable bonds is 6. The third-order valence-corrected chi connectivity index (χ3v) is 3.35. The molecular weight excluding hydrogens is 268 g/mol. The van der Waals surface area contributed by atoms with Crippen LogP contribution >= 0.6 is 0 Å². The second-order valence-corrected chi connectivity index (χ2v) is 5.53. The molecule has 2 rings (SSSR count). The first-order valence-electron chi connectivity index (χ1n) is 7.65. The molecule has 0 unspecified atom stereocenters. The van der Waals surface area contributed by atoms with Gasteiger partial charge in [-0.3, -0.25) is 4.79 Å². The van der Waals surface area contributed by atoms with Gasteiger partial charge in [-0.15, -0.1) is 0 Å². The Morgan fingerprint density at radius 3 is 2.81 bits per heavy atom. The van der Waals surface area contributed by atoms with Gasteiger partial charge in [-0.05, 0) is 33.1 Å². The second-order valence-electron chi connectivity index (χ2n) is 5.53. The predicted molar refractivity (Wildman–Crippen MR) is 81.3 cm³/mol. The third kappa shape index (κ3) is 5.21. The largest absolute Gasteiger partial charge is 0.475 e. The predicted octanol–water partition coefficient (Wildman–Crippen LogP) is 2.08. The molecule has 0 saturated carbocycles. The Morgan fingerprint density at radius 1 is 1.33 bits per heavy atom. The van der Waals surface area contributed by atoms with Crippen molar-refractivity contribution in [1.29, 1.82) is 0 Å². The van der Waals surface area contributed by atoms with Crippen LogP contribution in [0.5, 0.6) is 5.88 Å². The van der Waals surface area contributed by atoms with Gasteiger partial charge in [0.05, 0.1) is 6.10 Å². The summed E-state index contributed by atoms with van der Waals surface area (Å²) in [6.07, 6.45) is 5.52. The SMILES string of the molecule is CC(C)Oc1cc(NCCC(=O)N2CCCCC2)ncn1. The van der Waals surface area contributed by atoms with Gasteiger partial charge < -0.3 is 15.0 Å². The Morgan fingerprint density at radius 2 is 2.10 bits per heavy atom. The summed E-state index contributed by atoms with van der Waals surface area (Å²) in [6, 6.07) is 1.76. The Labute approximate surface area is 125 Å². The summed E-state index contributed by atoms with van der Waals surface area (Å²) in [5.41, 5.74) is 0. The molecule has 1 aliphatic rings. The number of hydrogen-bond acceptors (Lipinski definition) is 5. The third-order valence-electron chi connectivity index (χ3n) is 3.35. The Bertz CT molecular complexity index is 459. The van der Waals surface area contributed by atoms with E-state index in [0.717, 1.165) is 25.9 Å². The van der Waals surface area contributed by atoms with Crippen LogP contribution in [0.1, 0.15) is 39.5 Å². The minimum absolute atomic E-state index is 0.0772. The lowest BCUT2D eigenvalue weighted by molar-refractivity contribution is -0.131. The van der Waals surface area contributed by atoms with Gasteiger partial charge in [0, 0.05) is 32.1 Å². The van der Waals surface area contributed by atoms with Crippen LogP contribution in [0, 0.1) is 0 Å². The summed E-state index contributed by atoms with van der Waals surface area (Å²) in [7, 11) is 0. The van der Waals surface area contributed by atoms with Gasteiger partial charge in [0.25, 0.3) is 0 Å². The highest BCUT2D eigenvalue weighted by Gasteiger charge is 2.15. The molecule has 0 bridgehead atoms. The maximum absolute atomic E-state index is 12.0. The first kappa shape index (κ1) is 15.5. The van der Waals surface area contributed by atoms with Crippen LogP contribution in [-0.2, 0) is 4.79 Å². The number of hydrogen-bond donors (Lipinski definition) is 1. The van der Waals surface area contributed by atoms with E-state index in [1.807, 2.05) is 18.7 Å². The molecule has 0 atom stereocenters. The number of nitrogens with one attached hydrogen (secondary N) is 1. The van der Waals surface area contributed by atoms with E-state index in [0.29, 0.717) is 24.7 Å². The molecule has 2 heterocycles. The summed E-state index contributed by atoms with van der Waals surface area (Å²) in [5, 5.41) is 3.15. The molecule has 1 aliphatic heterocycles. The van der Waals surface area contributed by atoms with Crippen molar-refractivity contribution in [2.75, 3.05) is 25.0 Å². The van der Waals surface area contributed by atoms with Gasteiger partial charge in [-0.2, -0.15) is 0 Å². The fraction of sp³-hybridized carbons (Fsp3) is 0.667. The smallest absolute Gasteiger partial charge is 0.224 e. The molecule has 6 heteroatoms. The van der Waals surface area contributed by atoms with E-state index < -0.39 is 0 Å². The van der Waals surface area contributed by atoms with E-state index in [2.05, 4.69) is 15.3 Å². The standard InChI is InChI=1S/C15H24N4O2/c1-12(2)21-14-10-13(17-11-18-14)16-7-6-15(20)19-8-4-3-5-9-19/h10-12H,3-9H2,1-2H3,(H,16,17,18). The minimum atomic E-state index is 0.0772. The fourth-order valence-electron chi connectivity index (χ4n) is 2.34. The maximum atomic E-state index is 12.0. The maximum Gasteiger partial charge on any atom is 0.224 e. The Hall–Kier alpha value is -1.85. The quantitative estimate of drug-likeness (QED) is 0.869. The van der Waals surface area contributed by atoms with Crippen LogP contribution < -0.4 is 10.1 Å². The van der Waals surface area contributed by atoms with Crippen LogP contribution in [0.2, 0.25) is 0 Å². The van der Waals surface area contributed by atoms with E-state index >= 15 is 0 Å². The van der Waals surface area contributed by atoms with E-state index in [1.165, 1.54) is 12.7 Å². The van der Waals surface area contributed by atoms with Crippen molar-refractivity contribution >= 4 is 11.7 Å². The second kappa shape index (κ2) is 7.81. The van der Waals surface area contributed by atoms with Crippen molar-refractivity contribution in [3.63, 3.8) is 0 Å². The monoisotopic (exact) mass is 292 g/mol. The Balaban J connectivity index is 1.76. The average molecular weight is 292 g/mol. The lowest BCUT2D eigenvalue weighted by atomic mass is 10.1. The molecule has 1 fully saturated rings. The molecule has 0 spiro atoms. The summed E-state index contributed by atoms with van der Waals surface area (Å²) in [5.74, 6) is 1.45. The molecule has 1 N–H and O–H groups in total. The molecule has 6 nitrogen and oxygen atoms in total. The molecule has 0 aromatic carbocycles. The first-order chi connectivity index (χ1) is 10.1. The van der Waals surface area contributed by atoms with Crippen LogP contribution in [0.15, 0.2) is 12.4 Å². The van der Waals surface area contributed by atoms with Crippen molar-refractivity contribution < 1.29 is 9.53 Å². The zero-order valence-electron chi connectivity index (χ0n) is 12.8. The number of nitrogens with zero attached hydrogens (tertiary/aromatic N) is 3. The molecule has 1 aromatic heterocycles. The average Bonchev–Trinajstić information content (AvgIpc) is 2.48. The van der Waals surface area contributed by atoms with Crippen LogP contribution in [0.3, 0.4) is 0 Å². The van der Waals surface area contributed by atoms with Crippen molar-refractivity contribution in [3.05, 3.63) is 12.4 Å². The molecule has 0 radical (unpaired) electrons. The number of anilines is 1. The highest BCUT2D eigenvalue weighted by molar-refractivity contribution is 5.76. The van der Waals surface area contributed by atoms with Crippen LogP contribution in [0.4, 0.5) is 5.82 Å². The minimum Gasteiger partial charge on any atom is -0.475 e. The zero-order chi connectivity index (χ0) is 15.1. The summed E-state index contributed by atoms with van der Waals surface area (Å²) in [6.45, 7) is 6.28. The van der Waals surface area contributed by atoms with Gasteiger partial charge >= 0.3 is 0 Å². The van der Waals surface area contributed by atoms with E-state index in [1.54, 1.807) is 6.07 Å². The topological polar surface area (TPSA) is 67.3 Å². The lowest BCUT2D eigenvalue weighted by Crippen LogP contribution is -2.36. The van der Waals surface area contributed by atoms with Gasteiger partial charge in [0.1, 0.15) is 12.1 Å². The van der Waals surface area contributed by atoms with Gasteiger partial charge in [-0.25, -0.2) is 9.97 Å². The molecule has 0 aliphatic carbocycles. The first-order valence-corrected chi connectivity index (χ1v) is 7.65. The molecule has 116 valence electrons. The van der Waals surface area contributed by atoms with Gasteiger partial charge in [0.15, 0.2) is 0 Å². The number of carbonyl (C=O) groups is 1. The van der Waals surface area contributed by atoms with Crippen LogP contribution in [0.25, 0.3) is 0 Å². The zero-order valence-corrected chi connectivity index (χ0v) is 12.8. The van der Waals surface area contributed by atoms with Crippen molar-refractivity contribution in [2.45, 2.75) is 45.6 Å². The highest BCUT2D eigenvalue weighted by atomic mass is 16.5. The van der Waals surface area contributed by atoms with Crippen molar-refractivity contribution in [3.8, 4) is 5.88 Å². The molecule has 21 heavy (non-hydrogen) atoms. The summed E-state index contributed by atoms with van der Waals surface area (Å²) >= 11 is 0. The van der Waals surface area contributed by atoms with Gasteiger partial charge in [0.2, 0.25) is 11.8 Å². The number of amides is 1. The molecule has 1 saturated heterocycles. The lowest BCUT2D eigenvalue weighted by Gasteiger charge is -2.26. The molecule has 1 aromatic rings. The van der Waals surface area contributed by atoms with E-state index in [9.17, 15) is 4.79 Å². The van der Waals surface area contributed by atoms with E-state index in [-0.39, 0.29) is 12.0 Å². The number of likely N-dealkylation sites (tertiary alicyclic amines) is 1. The van der Waals surface area contributed by atoms with Gasteiger partial charge in [-0.1, -0.05) is 0 Å². The Kier molecular flexibility index (Phi) is 5.78. The van der Waals surface area contributed by atoms with Crippen LogP contribution in [-0.4, -0.2) is 46.5 Å². The van der Waals surface area contributed by atoms with Crippen molar-refractivity contribution in [1.82, 2.24) is 14.9 Å². The fourth-order valence-corrected chi connectivity index (χ4v) is 2.34. The number of aromatic nitrogens is 2. The summed E-state index contributed by atoms with van der Waals surface area (Å²) in [4.78, 5) is 22.2. The number of piperidine rings is 1. The summed E-state index contributed by atoms with van der Waals surface area (Å²) < 4.78 is 5.51. The van der Waals surface area contributed by atoms with E-state index in [4.69, 9.17) is 4.74 Å². The molecule has 1 amide bonds. The highest BCUT2D eigenvalue weighted by Crippen LogP contribution is 2.13. The number of ether oxygens (including phenoxy) is 1. The number of carbonyl (C=O) groups excluding carboxylic acids is 1. The molecular formula is C15H24N4O2. The normalized spacial score (nSPS) is 15.1. The van der Waals surface area contributed by atoms with Crippen molar-refractivity contribution in [2.24, 2.45) is 0 Å².